The molecule has 144 valence electrons. The lowest BCUT2D eigenvalue weighted by Crippen LogP contribution is -2.20. The monoisotopic (exact) mass is 382 g/mol. The van der Waals surface area contributed by atoms with Gasteiger partial charge >= 0.3 is 5.63 Å². The fraction of sp³-hybridized carbons (Fsp3) is 0.150. The van der Waals surface area contributed by atoms with Crippen molar-refractivity contribution in [1.29, 1.82) is 0 Å². The largest absolute Gasteiger partial charge is 0.495 e. The predicted molar refractivity (Wildman–Crippen MR) is 104 cm³/mol. The van der Waals surface area contributed by atoms with Gasteiger partial charge in [-0.15, -0.1) is 0 Å². The molecular weight excluding hydrogens is 364 g/mol. The number of ether oxygens (including phenoxy) is 2. The molecule has 2 aromatic carbocycles. The van der Waals surface area contributed by atoms with Crippen LogP contribution >= 0.6 is 0 Å². The molecule has 2 amide bonds. The standard InChI is InChI=1S/C20H18N2O6/c1-12(23)21-14-5-7-17(26-2)16(9-14)22-19(24)11-27-15-6-3-13-4-8-20(25)28-18(13)10-15/h3-10H,11H2,1-2H3,(H,21,23)(H,22,24). The van der Waals surface area contributed by atoms with Crippen LogP contribution in [0.3, 0.4) is 0 Å². The van der Waals surface area contributed by atoms with Gasteiger partial charge in [0.05, 0.1) is 12.8 Å². The fourth-order valence-electron chi connectivity index (χ4n) is 2.55. The van der Waals surface area contributed by atoms with Crippen molar-refractivity contribution >= 4 is 34.2 Å². The average molecular weight is 382 g/mol. The first kappa shape index (κ1) is 19.0. The summed E-state index contributed by atoms with van der Waals surface area (Å²) in [5.41, 5.74) is 0.824. The van der Waals surface area contributed by atoms with E-state index in [9.17, 15) is 14.4 Å². The molecule has 0 aliphatic rings. The fourth-order valence-corrected chi connectivity index (χ4v) is 2.55. The predicted octanol–water partition coefficient (Wildman–Crippen LogP) is 2.78. The van der Waals surface area contributed by atoms with E-state index < -0.39 is 11.5 Å². The molecule has 0 radical (unpaired) electrons. The number of fused-ring (bicyclic) bond motifs is 1. The Morgan fingerprint density at radius 1 is 1.04 bits per heavy atom. The molecule has 0 bridgehead atoms. The maximum Gasteiger partial charge on any atom is 0.336 e. The van der Waals surface area contributed by atoms with Gasteiger partial charge in [0.25, 0.3) is 5.91 Å². The van der Waals surface area contributed by atoms with Gasteiger partial charge in [0.2, 0.25) is 5.91 Å². The minimum Gasteiger partial charge on any atom is -0.495 e. The van der Waals surface area contributed by atoms with E-state index in [1.54, 1.807) is 42.5 Å². The Bertz CT molecular complexity index is 1090. The number of nitrogens with one attached hydrogen (secondary N) is 2. The second-order valence-corrected chi connectivity index (χ2v) is 5.89. The molecule has 0 spiro atoms. The number of carbonyl (C=O) groups excluding carboxylic acids is 2. The molecule has 0 aliphatic carbocycles. The van der Waals surface area contributed by atoms with Crippen LogP contribution in [0.4, 0.5) is 11.4 Å². The number of hydrogen-bond acceptors (Lipinski definition) is 6. The van der Waals surface area contributed by atoms with Gasteiger partial charge in [-0.25, -0.2) is 4.79 Å². The number of methoxy groups -OCH3 is 1. The molecule has 8 heteroatoms. The Morgan fingerprint density at radius 3 is 2.57 bits per heavy atom. The Balaban J connectivity index is 1.68. The number of anilines is 2. The first-order valence-corrected chi connectivity index (χ1v) is 8.37. The molecule has 2 N–H and O–H groups in total. The lowest BCUT2D eigenvalue weighted by molar-refractivity contribution is -0.118. The van der Waals surface area contributed by atoms with Crippen molar-refractivity contribution in [3.8, 4) is 11.5 Å². The second-order valence-electron chi connectivity index (χ2n) is 5.89. The summed E-state index contributed by atoms with van der Waals surface area (Å²) in [6.07, 6.45) is 0. The number of rotatable bonds is 6. The molecule has 0 saturated heterocycles. The summed E-state index contributed by atoms with van der Waals surface area (Å²) in [4.78, 5) is 34.8. The van der Waals surface area contributed by atoms with Crippen LogP contribution in [0.25, 0.3) is 11.0 Å². The molecule has 0 fully saturated rings. The van der Waals surface area contributed by atoms with Gasteiger partial charge in [0.1, 0.15) is 17.1 Å². The Morgan fingerprint density at radius 2 is 1.82 bits per heavy atom. The van der Waals surface area contributed by atoms with Crippen molar-refractivity contribution in [2.45, 2.75) is 6.92 Å². The normalized spacial score (nSPS) is 10.4. The molecule has 0 atom stereocenters. The topological polar surface area (TPSA) is 107 Å². The van der Waals surface area contributed by atoms with Crippen LogP contribution in [0, 0.1) is 0 Å². The summed E-state index contributed by atoms with van der Waals surface area (Å²) in [5.74, 6) is 0.174. The molecule has 0 saturated carbocycles. The van der Waals surface area contributed by atoms with E-state index >= 15 is 0 Å². The minimum atomic E-state index is -0.464. The van der Waals surface area contributed by atoms with Crippen molar-refractivity contribution in [2.24, 2.45) is 0 Å². The van der Waals surface area contributed by atoms with E-state index in [-0.39, 0.29) is 12.5 Å². The van der Waals surface area contributed by atoms with E-state index in [1.165, 1.54) is 20.1 Å². The number of hydrogen-bond donors (Lipinski definition) is 2. The van der Waals surface area contributed by atoms with Crippen LogP contribution in [0.2, 0.25) is 0 Å². The van der Waals surface area contributed by atoms with E-state index in [4.69, 9.17) is 13.9 Å². The molecule has 8 nitrogen and oxygen atoms in total. The lowest BCUT2D eigenvalue weighted by Gasteiger charge is -2.13. The van der Waals surface area contributed by atoms with Gasteiger partial charge in [-0.3, -0.25) is 9.59 Å². The highest BCUT2D eigenvalue weighted by atomic mass is 16.5. The van der Waals surface area contributed by atoms with Gasteiger partial charge in [0, 0.05) is 30.1 Å². The van der Waals surface area contributed by atoms with Gasteiger partial charge in [-0.05, 0) is 36.4 Å². The summed E-state index contributed by atoms with van der Waals surface area (Å²) < 4.78 is 15.8. The van der Waals surface area contributed by atoms with Crippen molar-refractivity contribution < 1.29 is 23.5 Å². The van der Waals surface area contributed by atoms with E-state index in [1.807, 2.05) is 0 Å². The summed E-state index contributed by atoms with van der Waals surface area (Å²) in [7, 11) is 1.47. The lowest BCUT2D eigenvalue weighted by atomic mass is 10.2. The second kappa shape index (κ2) is 8.26. The molecule has 1 heterocycles. The Kier molecular flexibility index (Phi) is 5.59. The third kappa shape index (κ3) is 4.67. The highest BCUT2D eigenvalue weighted by Gasteiger charge is 2.11. The summed E-state index contributed by atoms with van der Waals surface area (Å²) in [6, 6.07) is 12.8. The van der Waals surface area contributed by atoms with Crippen molar-refractivity contribution in [3.63, 3.8) is 0 Å². The summed E-state index contributed by atoms with van der Waals surface area (Å²) in [5, 5.41) is 6.06. The molecular formula is C20H18N2O6. The third-order valence-electron chi connectivity index (χ3n) is 3.76. The SMILES string of the molecule is COc1ccc(NC(C)=O)cc1NC(=O)COc1ccc2ccc(=O)oc2c1. The van der Waals surface area contributed by atoms with Gasteiger partial charge in [-0.2, -0.15) is 0 Å². The average Bonchev–Trinajstić information content (AvgIpc) is 2.66. The summed E-state index contributed by atoms with van der Waals surface area (Å²) in [6.45, 7) is 1.12. The van der Waals surface area contributed by atoms with Crippen molar-refractivity contribution in [2.75, 3.05) is 24.4 Å². The molecule has 3 rings (SSSR count). The maximum absolute atomic E-state index is 12.3. The zero-order valence-corrected chi connectivity index (χ0v) is 15.3. The van der Waals surface area contributed by atoms with Crippen LogP contribution in [-0.2, 0) is 9.59 Å². The smallest absolute Gasteiger partial charge is 0.336 e. The highest BCUT2D eigenvalue weighted by Crippen LogP contribution is 2.28. The van der Waals surface area contributed by atoms with Crippen molar-refractivity contribution in [3.05, 3.63) is 59.0 Å². The van der Waals surface area contributed by atoms with Crippen LogP contribution < -0.4 is 25.7 Å². The molecule has 3 aromatic rings. The quantitative estimate of drug-likeness (QED) is 0.635. The van der Waals surface area contributed by atoms with Gasteiger partial charge < -0.3 is 24.5 Å². The molecule has 0 aliphatic heterocycles. The molecule has 1 aromatic heterocycles. The zero-order chi connectivity index (χ0) is 20.1. The first-order chi connectivity index (χ1) is 13.4. The van der Waals surface area contributed by atoms with Crippen LogP contribution in [-0.4, -0.2) is 25.5 Å². The Hall–Kier alpha value is -3.81. The van der Waals surface area contributed by atoms with Crippen LogP contribution in [0.15, 0.2) is 57.7 Å². The van der Waals surface area contributed by atoms with Crippen LogP contribution in [0.1, 0.15) is 6.92 Å². The van der Waals surface area contributed by atoms with Crippen LogP contribution in [0.5, 0.6) is 11.5 Å². The van der Waals surface area contributed by atoms with Gasteiger partial charge in [0.15, 0.2) is 6.61 Å². The highest BCUT2D eigenvalue weighted by molar-refractivity contribution is 5.95. The van der Waals surface area contributed by atoms with Crippen molar-refractivity contribution in [1.82, 2.24) is 0 Å². The minimum absolute atomic E-state index is 0.228. The maximum atomic E-state index is 12.3. The van der Waals surface area contributed by atoms with E-state index in [0.29, 0.717) is 28.5 Å². The number of amides is 2. The zero-order valence-electron chi connectivity index (χ0n) is 15.3. The van der Waals surface area contributed by atoms with E-state index in [2.05, 4.69) is 10.6 Å². The third-order valence-corrected chi connectivity index (χ3v) is 3.76. The Labute approximate surface area is 160 Å². The molecule has 28 heavy (non-hydrogen) atoms. The first-order valence-electron chi connectivity index (χ1n) is 8.37. The molecule has 0 unspecified atom stereocenters. The summed E-state index contributed by atoms with van der Waals surface area (Å²) >= 11 is 0. The van der Waals surface area contributed by atoms with Gasteiger partial charge in [-0.1, -0.05) is 0 Å². The number of carbonyl (C=O) groups is 2. The number of benzene rings is 2. The van der Waals surface area contributed by atoms with E-state index in [0.717, 1.165) is 5.39 Å².